The van der Waals surface area contributed by atoms with Crippen molar-refractivity contribution in [3.8, 4) is 0 Å². The van der Waals surface area contributed by atoms with Crippen LogP contribution in [0, 0.1) is 13.8 Å². The molecule has 1 aromatic rings. The van der Waals surface area contributed by atoms with Gasteiger partial charge in [-0.2, -0.15) is 0 Å². The number of ketones is 1. The van der Waals surface area contributed by atoms with Gasteiger partial charge in [0.2, 0.25) is 0 Å². The summed E-state index contributed by atoms with van der Waals surface area (Å²) in [5, 5.41) is 0. The van der Waals surface area contributed by atoms with Crippen molar-refractivity contribution in [1.29, 1.82) is 0 Å². The smallest absolute Gasteiger partial charge is 0.177 e. The quantitative estimate of drug-likeness (QED) is 0.791. The molecule has 1 heterocycles. The Labute approximate surface area is 122 Å². The van der Waals surface area contributed by atoms with Crippen molar-refractivity contribution >= 4 is 5.78 Å². The maximum absolute atomic E-state index is 12.5. The van der Waals surface area contributed by atoms with Gasteiger partial charge in [-0.25, -0.2) is 0 Å². The van der Waals surface area contributed by atoms with Crippen molar-refractivity contribution < 1.29 is 4.79 Å². The lowest BCUT2D eigenvalue weighted by Gasteiger charge is -2.27. The van der Waals surface area contributed by atoms with Gasteiger partial charge in [0.1, 0.15) is 0 Å². The Hall–Kier alpha value is -1.19. The summed E-state index contributed by atoms with van der Waals surface area (Å²) in [6.45, 7) is 10.0. The van der Waals surface area contributed by atoms with E-state index in [0.29, 0.717) is 12.6 Å². The zero-order valence-corrected chi connectivity index (χ0v) is 13.1. The van der Waals surface area contributed by atoms with E-state index in [4.69, 9.17) is 0 Å². The summed E-state index contributed by atoms with van der Waals surface area (Å²) in [5.41, 5.74) is 3.18. The summed E-state index contributed by atoms with van der Waals surface area (Å²) >= 11 is 0. The molecule has 3 nitrogen and oxygen atoms in total. The third kappa shape index (κ3) is 3.68. The molecule has 1 atom stereocenters. The van der Waals surface area contributed by atoms with Gasteiger partial charge >= 0.3 is 0 Å². The van der Waals surface area contributed by atoms with Crippen molar-refractivity contribution in [3.63, 3.8) is 0 Å². The summed E-state index contributed by atoms with van der Waals surface area (Å²) in [6, 6.07) is 6.53. The van der Waals surface area contributed by atoms with Gasteiger partial charge in [-0.05, 0) is 46.3 Å². The van der Waals surface area contributed by atoms with Gasteiger partial charge in [0, 0.05) is 24.7 Å². The molecule has 1 fully saturated rings. The Balaban J connectivity index is 2.06. The van der Waals surface area contributed by atoms with E-state index in [2.05, 4.69) is 36.8 Å². The first-order valence-electron chi connectivity index (χ1n) is 7.50. The minimum Gasteiger partial charge on any atom is -0.305 e. The van der Waals surface area contributed by atoms with E-state index in [1.54, 1.807) is 0 Å². The topological polar surface area (TPSA) is 23.6 Å². The second kappa shape index (κ2) is 6.51. The number of rotatable bonds is 3. The first-order valence-corrected chi connectivity index (χ1v) is 7.50. The molecule has 1 aliphatic rings. The summed E-state index contributed by atoms with van der Waals surface area (Å²) in [4.78, 5) is 17.2. The number of hydrogen-bond donors (Lipinski definition) is 0. The van der Waals surface area contributed by atoms with Crippen LogP contribution >= 0.6 is 0 Å². The lowest BCUT2D eigenvalue weighted by Crippen LogP contribution is -2.41. The fourth-order valence-corrected chi connectivity index (χ4v) is 3.05. The average molecular weight is 274 g/mol. The fraction of sp³-hybridized carbons (Fsp3) is 0.588. The molecule has 0 N–H and O–H groups in total. The van der Waals surface area contributed by atoms with Crippen LogP contribution in [0.3, 0.4) is 0 Å². The number of likely N-dealkylation sites (N-methyl/N-ethyl adjacent to an activating group) is 1. The molecule has 2 rings (SSSR count). The number of carbonyl (C=O) groups is 1. The summed E-state index contributed by atoms with van der Waals surface area (Å²) in [5.74, 6) is 0.249. The monoisotopic (exact) mass is 274 g/mol. The highest BCUT2D eigenvalue weighted by atomic mass is 16.1. The molecular weight excluding hydrogens is 248 g/mol. The fourth-order valence-electron chi connectivity index (χ4n) is 3.05. The molecule has 0 aromatic heterocycles. The van der Waals surface area contributed by atoms with Crippen LogP contribution in [-0.2, 0) is 0 Å². The third-order valence-electron chi connectivity index (χ3n) is 4.21. The van der Waals surface area contributed by atoms with E-state index in [9.17, 15) is 4.79 Å². The maximum Gasteiger partial charge on any atom is 0.177 e. The third-order valence-corrected chi connectivity index (χ3v) is 4.21. The highest BCUT2D eigenvalue weighted by Crippen LogP contribution is 2.14. The highest BCUT2D eigenvalue weighted by Gasteiger charge is 2.22. The zero-order chi connectivity index (χ0) is 14.7. The molecule has 1 aliphatic heterocycles. The Kier molecular flexibility index (Phi) is 4.95. The number of carbonyl (C=O) groups excluding carboxylic acids is 1. The molecule has 20 heavy (non-hydrogen) atoms. The van der Waals surface area contributed by atoms with E-state index in [-0.39, 0.29) is 5.78 Å². The Morgan fingerprint density at radius 1 is 1.30 bits per heavy atom. The van der Waals surface area contributed by atoms with Crippen molar-refractivity contribution in [2.75, 3.05) is 33.2 Å². The van der Waals surface area contributed by atoms with Crippen LogP contribution in [0.25, 0.3) is 0 Å². The predicted octanol–water partition coefficient (Wildman–Crippen LogP) is 2.51. The van der Waals surface area contributed by atoms with Crippen LogP contribution in [0.5, 0.6) is 0 Å². The number of Topliss-reactive ketones (excluding diaryl/α,β-unsaturated/α-hetero) is 1. The first kappa shape index (κ1) is 15.2. The second-order valence-corrected chi connectivity index (χ2v) is 6.18. The van der Waals surface area contributed by atoms with E-state index < -0.39 is 0 Å². The lowest BCUT2D eigenvalue weighted by molar-refractivity contribution is 0.0899. The van der Waals surface area contributed by atoms with E-state index in [1.807, 2.05) is 19.1 Å². The van der Waals surface area contributed by atoms with Crippen molar-refractivity contribution in [1.82, 2.24) is 9.80 Å². The molecule has 0 saturated carbocycles. The van der Waals surface area contributed by atoms with Crippen LogP contribution in [-0.4, -0.2) is 54.9 Å². The van der Waals surface area contributed by atoms with E-state index in [1.165, 1.54) is 5.56 Å². The number of hydrogen-bond acceptors (Lipinski definition) is 3. The maximum atomic E-state index is 12.5. The Morgan fingerprint density at radius 3 is 2.75 bits per heavy atom. The normalized spacial score (nSPS) is 21.7. The minimum atomic E-state index is 0.249. The molecule has 0 aliphatic carbocycles. The largest absolute Gasteiger partial charge is 0.305 e. The molecule has 0 spiro atoms. The SMILES string of the molecule is Cc1ccc(C(=O)CN2CCCN(C)CC2C)c(C)c1. The molecule has 0 radical (unpaired) electrons. The van der Waals surface area contributed by atoms with Crippen LogP contribution in [0.4, 0.5) is 0 Å². The second-order valence-electron chi connectivity index (χ2n) is 6.18. The van der Waals surface area contributed by atoms with Crippen LogP contribution in [0.1, 0.15) is 34.8 Å². The summed E-state index contributed by atoms with van der Waals surface area (Å²) < 4.78 is 0. The molecule has 1 saturated heterocycles. The number of benzene rings is 1. The molecular formula is C17H26N2O. The minimum absolute atomic E-state index is 0.249. The Bertz CT molecular complexity index is 484. The van der Waals surface area contributed by atoms with Gasteiger partial charge in [-0.3, -0.25) is 9.69 Å². The van der Waals surface area contributed by atoms with Gasteiger partial charge in [0.05, 0.1) is 6.54 Å². The summed E-state index contributed by atoms with van der Waals surface area (Å²) in [7, 11) is 2.16. The van der Waals surface area contributed by atoms with Gasteiger partial charge in [-0.15, -0.1) is 0 Å². The van der Waals surface area contributed by atoms with Crippen molar-refractivity contribution in [3.05, 3.63) is 34.9 Å². The molecule has 1 aromatic carbocycles. The molecule has 1 unspecified atom stereocenters. The Morgan fingerprint density at radius 2 is 2.05 bits per heavy atom. The average Bonchev–Trinajstić information content (AvgIpc) is 2.51. The van der Waals surface area contributed by atoms with E-state index >= 15 is 0 Å². The van der Waals surface area contributed by atoms with Gasteiger partial charge in [-0.1, -0.05) is 23.8 Å². The molecule has 0 bridgehead atoms. The lowest BCUT2D eigenvalue weighted by atomic mass is 10.0. The molecule has 3 heteroatoms. The van der Waals surface area contributed by atoms with E-state index in [0.717, 1.165) is 37.2 Å². The first-order chi connectivity index (χ1) is 9.47. The van der Waals surface area contributed by atoms with Gasteiger partial charge in [0.25, 0.3) is 0 Å². The van der Waals surface area contributed by atoms with Crippen molar-refractivity contribution in [2.45, 2.75) is 33.2 Å². The van der Waals surface area contributed by atoms with Crippen LogP contribution in [0.2, 0.25) is 0 Å². The van der Waals surface area contributed by atoms with Crippen molar-refractivity contribution in [2.24, 2.45) is 0 Å². The predicted molar refractivity (Wildman–Crippen MR) is 83.4 cm³/mol. The molecule has 110 valence electrons. The summed E-state index contributed by atoms with van der Waals surface area (Å²) in [6.07, 6.45) is 1.14. The van der Waals surface area contributed by atoms with Gasteiger partial charge in [0.15, 0.2) is 5.78 Å². The number of aryl methyl sites for hydroxylation is 2. The molecule has 0 amide bonds. The zero-order valence-electron chi connectivity index (χ0n) is 13.1. The van der Waals surface area contributed by atoms with Gasteiger partial charge < -0.3 is 4.90 Å². The van der Waals surface area contributed by atoms with Crippen LogP contribution in [0.15, 0.2) is 18.2 Å². The standard InChI is InChI=1S/C17H26N2O/c1-13-6-7-16(14(2)10-13)17(20)12-19-9-5-8-18(4)11-15(19)3/h6-7,10,15H,5,8-9,11-12H2,1-4H3. The number of nitrogens with zero attached hydrogens (tertiary/aromatic N) is 2. The van der Waals surface area contributed by atoms with Crippen LogP contribution < -0.4 is 0 Å². The highest BCUT2D eigenvalue weighted by molar-refractivity contribution is 5.99.